The standard InChI is InChI=1S/C14H17NO4/c1-9-7-5-6-8-11(9)12(15-19-4)13(16)10(2)14(17)18-3/h5-8,10H,1-4H3. The second-order valence-corrected chi connectivity index (χ2v) is 4.05. The predicted octanol–water partition coefficient (Wildman–Crippen LogP) is 1.72. The van der Waals surface area contributed by atoms with Crippen LogP contribution in [0.5, 0.6) is 0 Å². The predicted molar refractivity (Wildman–Crippen MR) is 70.9 cm³/mol. The van der Waals surface area contributed by atoms with Gasteiger partial charge in [0.1, 0.15) is 13.0 Å². The van der Waals surface area contributed by atoms with E-state index < -0.39 is 17.7 Å². The summed E-state index contributed by atoms with van der Waals surface area (Å²) >= 11 is 0. The van der Waals surface area contributed by atoms with Gasteiger partial charge in [-0.25, -0.2) is 0 Å². The number of hydrogen-bond acceptors (Lipinski definition) is 5. The van der Waals surface area contributed by atoms with Crippen molar-refractivity contribution >= 4 is 17.5 Å². The average Bonchev–Trinajstić information content (AvgIpc) is 2.43. The molecular formula is C14H17NO4. The Morgan fingerprint density at radius 2 is 1.84 bits per heavy atom. The lowest BCUT2D eigenvalue weighted by Gasteiger charge is -2.11. The molecule has 0 bridgehead atoms. The molecule has 0 aliphatic heterocycles. The summed E-state index contributed by atoms with van der Waals surface area (Å²) in [6.07, 6.45) is 0. The first-order chi connectivity index (χ1) is 9.02. The van der Waals surface area contributed by atoms with Crippen molar-refractivity contribution in [1.29, 1.82) is 0 Å². The van der Waals surface area contributed by atoms with Gasteiger partial charge >= 0.3 is 5.97 Å². The topological polar surface area (TPSA) is 65.0 Å². The fourth-order valence-corrected chi connectivity index (χ4v) is 1.65. The molecular weight excluding hydrogens is 246 g/mol. The summed E-state index contributed by atoms with van der Waals surface area (Å²) < 4.78 is 4.57. The summed E-state index contributed by atoms with van der Waals surface area (Å²) in [5.41, 5.74) is 1.65. The van der Waals surface area contributed by atoms with Crippen LogP contribution in [0.15, 0.2) is 29.4 Å². The molecule has 0 saturated carbocycles. The lowest BCUT2D eigenvalue weighted by molar-refractivity contribution is -0.147. The number of benzene rings is 1. The van der Waals surface area contributed by atoms with Gasteiger partial charge in [0.05, 0.1) is 7.11 Å². The van der Waals surface area contributed by atoms with Crippen molar-refractivity contribution in [2.45, 2.75) is 13.8 Å². The molecule has 1 aromatic rings. The van der Waals surface area contributed by atoms with E-state index in [0.717, 1.165) is 5.56 Å². The zero-order chi connectivity index (χ0) is 14.4. The van der Waals surface area contributed by atoms with Gasteiger partial charge in [0.25, 0.3) is 0 Å². The van der Waals surface area contributed by atoms with Gasteiger partial charge in [-0.05, 0) is 19.4 Å². The lowest BCUT2D eigenvalue weighted by atomic mass is 9.95. The monoisotopic (exact) mass is 263 g/mol. The molecule has 5 nitrogen and oxygen atoms in total. The lowest BCUT2D eigenvalue weighted by Crippen LogP contribution is -2.30. The Morgan fingerprint density at radius 1 is 1.21 bits per heavy atom. The van der Waals surface area contributed by atoms with Crippen LogP contribution in [-0.4, -0.2) is 31.7 Å². The minimum absolute atomic E-state index is 0.124. The Kier molecular flexibility index (Phi) is 5.23. The number of oxime groups is 1. The van der Waals surface area contributed by atoms with Crippen molar-refractivity contribution in [3.8, 4) is 0 Å². The van der Waals surface area contributed by atoms with Crippen LogP contribution in [0.3, 0.4) is 0 Å². The van der Waals surface area contributed by atoms with Gasteiger partial charge in [0.2, 0.25) is 0 Å². The number of aryl methyl sites for hydroxylation is 1. The highest BCUT2D eigenvalue weighted by Crippen LogP contribution is 2.13. The molecule has 0 amide bonds. The maximum atomic E-state index is 12.3. The summed E-state index contributed by atoms with van der Waals surface area (Å²) in [6, 6.07) is 7.27. The molecule has 0 saturated heterocycles. The molecule has 0 heterocycles. The Morgan fingerprint density at radius 3 is 2.37 bits per heavy atom. The largest absolute Gasteiger partial charge is 0.468 e. The van der Waals surface area contributed by atoms with Crippen LogP contribution in [0.4, 0.5) is 0 Å². The van der Waals surface area contributed by atoms with E-state index in [4.69, 9.17) is 4.84 Å². The van der Waals surface area contributed by atoms with Gasteiger partial charge in [-0.3, -0.25) is 9.59 Å². The zero-order valence-electron chi connectivity index (χ0n) is 11.5. The van der Waals surface area contributed by atoms with Crippen LogP contribution in [0, 0.1) is 12.8 Å². The van der Waals surface area contributed by atoms with Crippen LogP contribution in [-0.2, 0) is 19.2 Å². The number of esters is 1. The quantitative estimate of drug-likeness (QED) is 0.351. The van der Waals surface area contributed by atoms with Crippen LogP contribution < -0.4 is 0 Å². The molecule has 0 radical (unpaired) electrons. The molecule has 1 unspecified atom stereocenters. The van der Waals surface area contributed by atoms with E-state index in [9.17, 15) is 9.59 Å². The number of rotatable bonds is 5. The highest BCUT2D eigenvalue weighted by atomic mass is 16.6. The molecule has 0 spiro atoms. The maximum absolute atomic E-state index is 12.3. The number of Topliss-reactive ketones (excluding diaryl/α,β-unsaturated/α-hetero) is 1. The van der Waals surface area contributed by atoms with E-state index in [-0.39, 0.29) is 5.71 Å². The van der Waals surface area contributed by atoms with Crippen LogP contribution in [0.2, 0.25) is 0 Å². The minimum Gasteiger partial charge on any atom is -0.468 e. The van der Waals surface area contributed by atoms with E-state index in [1.165, 1.54) is 21.1 Å². The number of ketones is 1. The molecule has 5 heteroatoms. The van der Waals surface area contributed by atoms with Gasteiger partial charge in [0.15, 0.2) is 11.5 Å². The summed E-state index contributed by atoms with van der Waals surface area (Å²) in [5, 5.41) is 3.75. The minimum atomic E-state index is -0.918. The molecule has 0 fully saturated rings. The van der Waals surface area contributed by atoms with Gasteiger partial charge in [-0.2, -0.15) is 0 Å². The van der Waals surface area contributed by atoms with Crippen LogP contribution in [0.25, 0.3) is 0 Å². The van der Waals surface area contributed by atoms with Crippen molar-refractivity contribution in [1.82, 2.24) is 0 Å². The second kappa shape index (κ2) is 6.68. The van der Waals surface area contributed by atoms with Crippen molar-refractivity contribution in [3.05, 3.63) is 35.4 Å². The van der Waals surface area contributed by atoms with E-state index >= 15 is 0 Å². The Hall–Kier alpha value is -2.17. The Bertz CT molecular complexity index is 508. The SMILES string of the molecule is CON=C(C(=O)C(C)C(=O)OC)c1ccccc1C. The number of carbonyl (C=O) groups excluding carboxylic acids is 2. The summed E-state index contributed by atoms with van der Waals surface area (Å²) in [4.78, 5) is 28.4. The van der Waals surface area contributed by atoms with E-state index in [1.807, 2.05) is 19.1 Å². The number of ether oxygens (including phenoxy) is 1. The third kappa shape index (κ3) is 3.40. The number of carbonyl (C=O) groups is 2. The normalized spacial score (nSPS) is 12.7. The molecule has 102 valence electrons. The summed E-state index contributed by atoms with van der Waals surface area (Å²) in [6.45, 7) is 3.34. The van der Waals surface area contributed by atoms with Crippen molar-refractivity contribution in [2.75, 3.05) is 14.2 Å². The maximum Gasteiger partial charge on any atom is 0.316 e. The molecule has 0 aliphatic rings. The molecule has 19 heavy (non-hydrogen) atoms. The number of hydrogen-bond donors (Lipinski definition) is 0. The molecule has 1 rings (SSSR count). The van der Waals surface area contributed by atoms with Crippen LogP contribution in [0.1, 0.15) is 18.1 Å². The third-order valence-corrected chi connectivity index (χ3v) is 2.76. The fourth-order valence-electron chi connectivity index (χ4n) is 1.65. The first-order valence-electron chi connectivity index (χ1n) is 5.82. The molecule has 0 aromatic heterocycles. The van der Waals surface area contributed by atoms with E-state index in [1.54, 1.807) is 12.1 Å². The number of methoxy groups -OCH3 is 1. The van der Waals surface area contributed by atoms with Crippen molar-refractivity contribution in [3.63, 3.8) is 0 Å². The Labute approximate surface area is 112 Å². The first-order valence-corrected chi connectivity index (χ1v) is 5.82. The third-order valence-electron chi connectivity index (χ3n) is 2.76. The fraction of sp³-hybridized carbons (Fsp3) is 0.357. The van der Waals surface area contributed by atoms with Crippen molar-refractivity contribution < 1.29 is 19.2 Å². The van der Waals surface area contributed by atoms with Crippen LogP contribution >= 0.6 is 0 Å². The van der Waals surface area contributed by atoms with E-state index in [0.29, 0.717) is 5.56 Å². The zero-order valence-corrected chi connectivity index (χ0v) is 11.5. The summed E-state index contributed by atoms with van der Waals surface area (Å²) in [5.74, 6) is -1.94. The molecule has 1 aromatic carbocycles. The highest BCUT2D eigenvalue weighted by molar-refractivity contribution is 6.49. The van der Waals surface area contributed by atoms with Gasteiger partial charge in [-0.1, -0.05) is 29.4 Å². The average molecular weight is 263 g/mol. The smallest absolute Gasteiger partial charge is 0.316 e. The van der Waals surface area contributed by atoms with Gasteiger partial charge < -0.3 is 9.57 Å². The molecule has 0 aliphatic carbocycles. The molecule has 0 N–H and O–H groups in total. The van der Waals surface area contributed by atoms with Gasteiger partial charge in [0, 0.05) is 5.56 Å². The van der Waals surface area contributed by atoms with Crippen molar-refractivity contribution in [2.24, 2.45) is 11.1 Å². The van der Waals surface area contributed by atoms with E-state index in [2.05, 4.69) is 9.89 Å². The van der Waals surface area contributed by atoms with Gasteiger partial charge in [-0.15, -0.1) is 0 Å². The highest BCUT2D eigenvalue weighted by Gasteiger charge is 2.28. The Balaban J connectivity index is 3.17. The summed E-state index contributed by atoms with van der Waals surface area (Å²) in [7, 11) is 2.60. The number of nitrogens with zero attached hydrogens (tertiary/aromatic N) is 1. The second-order valence-electron chi connectivity index (χ2n) is 4.05. The molecule has 1 atom stereocenters. The first kappa shape index (κ1) is 14.9.